The van der Waals surface area contributed by atoms with Gasteiger partial charge in [0.25, 0.3) is 0 Å². The van der Waals surface area contributed by atoms with Gasteiger partial charge in [-0.15, -0.1) is 0 Å². The van der Waals surface area contributed by atoms with Gasteiger partial charge in [-0.05, 0) is 77.0 Å². The number of rotatable bonds is 13. The first kappa shape index (κ1) is 32.5. The standard InChI is InChI=1S/C30H51N3O4/c1-11-13-14-19-33(28(35)25(20(3)4)32-29(36)37-30(8,9)10)26(27(34)31-23(7)16-12-2)24-21(5)17-15-18-22(24)6/h15,17-18,20,23,25-26H,11-14,16,19H2,1-10H3,(H,31,34)(H,32,36). The lowest BCUT2D eigenvalue weighted by atomic mass is 9.92. The van der Waals surface area contributed by atoms with E-state index in [2.05, 4.69) is 24.5 Å². The van der Waals surface area contributed by atoms with Crippen molar-refractivity contribution in [3.63, 3.8) is 0 Å². The maximum atomic E-state index is 14.2. The Hall–Kier alpha value is -2.57. The lowest BCUT2D eigenvalue weighted by Crippen LogP contribution is -2.55. The minimum absolute atomic E-state index is 0.0160. The molecule has 1 rings (SSSR count). The molecule has 0 aliphatic carbocycles. The van der Waals surface area contributed by atoms with E-state index in [4.69, 9.17) is 4.74 Å². The number of nitrogens with one attached hydrogen (secondary N) is 2. The van der Waals surface area contributed by atoms with Crippen molar-refractivity contribution in [2.45, 2.75) is 125 Å². The summed E-state index contributed by atoms with van der Waals surface area (Å²) in [6.45, 7) is 19.7. The van der Waals surface area contributed by atoms with Crippen molar-refractivity contribution in [1.29, 1.82) is 0 Å². The number of ether oxygens (including phenoxy) is 1. The monoisotopic (exact) mass is 517 g/mol. The molecule has 3 unspecified atom stereocenters. The Morgan fingerprint density at radius 3 is 2.03 bits per heavy atom. The molecule has 0 spiro atoms. The zero-order valence-electron chi connectivity index (χ0n) is 24.9. The van der Waals surface area contributed by atoms with Crippen LogP contribution >= 0.6 is 0 Å². The molecule has 0 saturated heterocycles. The van der Waals surface area contributed by atoms with Crippen LogP contribution in [0, 0.1) is 19.8 Å². The number of amides is 3. The minimum Gasteiger partial charge on any atom is -0.444 e. The third kappa shape index (κ3) is 10.4. The van der Waals surface area contributed by atoms with Gasteiger partial charge < -0.3 is 20.3 Å². The first-order valence-corrected chi connectivity index (χ1v) is 13.9. The van der Waals surface area contributed by atoms with Crippen LogP contribution in [-0.4, -0.2) is 47.0 Å². The van der Waals surface area contributed by atoms with Gasteiger partial charge in [-0.3, -0.25) is 9.59 Å². The summed E-state index contributed by atoms with van der Waals surface area (Å²) in [6.07, 6.45) is 3.84. The normalized spacial score (nSPS) is 14.0. The molecular formula is C30H51N3O4. The van der Waals surface area contributed by atoms with Gasteiger partial charge in [-0.25, -0.2) is 4.79 Å². The van der Waals surface area contributed by atoms with Crippen molar-refractivity contribution < 1.29 is 19.1 Å². The maximum absolute atomic E-state index is 14.2. The Morgan fingerprint density at radius 1 is 0.946 bits per heavy atom. The molecule has 210 valence electrons. The summed E-state index contributed by atoms with van der Waals surface area (Å²) in [6, 6.07) is 4.28. The van der Waals surface area contributed by atoms with Crippen molar-refractivity contribution in [3.8, 4) is 0 Å². The van der Waals surface area contributed by atoms with E-state index in [1.54, 1.807) is 25.7 Å². The summed E-state index contributed by atoms with van der Waals surface area (Å²) in [7, 11) is 0. The molecule has 3 amide bonds. The molecule has 2 N–H and O–H groups in total. The van der Waals surface area contributed by atoms with Gasteiger partial charge in [-0.2, -0.15) is 0 Å². The number of aryl methyl sites for hydroxylation is 2. The number of benzene rings is 1. The van der Waals surface area contributed by atoms with Gasteiger partial charge in [0.15, 0.2) is 0 Å². The van der Waals surface area contributed by atoms with Crippen LogP contribution in [0.4, 0.5) is 4.79 Å². The summed E-state index contributed by atoms with van der Waals surface area (Å²) in [4.78, 5) is 42.5. The van der Waals surface area contributed by atoms with Gasteiger partial charge in [0.2, 0.25) is 11.8 Å². The third-order valence-corrected chi connectivity index (χ3v) is 6.38. The van der Waals surface area contributed by atoms with Crippen molar-refractivity contribution in [2.75, 3.05) is 6.54 Å². The van der Waals surface area contributed by atoms with Crippen molar-refractivity contribution in [2.24, 2.45) is 5.92 Å². The molecule has 7 heteroatoms. The van der Waals surface area contributed by atoms with E-state index in [0.717, 1.165) is 48.8 Å². The molecular weight excluding hydrogens is 466 g/mol. The predicted octanol–water partition coefficient (Wildman–Crippen LogP) is 6.22. The Morgan fingerprint density at radius 2 is 1.54 bits per heavy atom. The molecule has 0 aliphatic heterocycles. The molecule has 0 saturated carbocycles. The Labute approximate surface area is 225 Å². The summed E-state index contributed by atoms with van der Waals surface area (Å²) < 4.78 is 5.46. The lowest BCUT2D eigenvalue weighted by Gasteiger charge is -2.37. The number of hydrogen-bond donors (Lipinski definition) is 2. The molecule has 0 radical (unpaired) electrons. The Bertz CT molecular complexity index is 871. The highest BCUT2D eigenvalue weighted by Gasteiger charge is 2.38. The molecule has 3 atom stereocenters. The largest absolute Gasteiger partial charge is 0.444 e. The number of unbranched alkanes of at least 4 members (excludes halogenated alkanes) is 2. The first-order valence-electron chi connectivity index (χ1n) is 13.9. The quantitative estimate of drug-likeness (QED) is 0.304. The molecule has 0 aliphatic rings. The fourth-order valence-electron chi connectivity index (χ4n) is 4.54. The smallest absolute Gasteiger partial charge is 0.408 e. The predicted molar refractivity (Wildman–Crippen MR) is 150 cm³/mol. The van der Waals surface area contributed by atoms with E-state index in [1.165, 1.54) is 0 Å². The molecule has 1 aromatic rings. The summed E-state index contributed by atoms with van der Waals surface area (Å²) in [5, 5.41) is 5.95. The highest BCUT2D eigenvalue weighted by molar-refractivity contribution is 5.92. The average molecular weight is 518 g/mol. The first-order chi connectivity index (χ1) is 17.2. The second-order valence-corrected chi connectivity index (χ2v) is 11.5. The molecule has 0 fully saturated rings. The zero-order valence-corrected chi connectivity index (χ0v) is 24.9. The zero-order chi connectivity index (χ0) is 28.3. The van der Waals surface area contributed by atoms with Crippen LogP contribution in [0.2, 0.25) is 0 Å². The molecule has 37 heavy (non-hydrogen) atoms. The number of nitrogens with zero attached hydrogens (tertiary/aromatic N) is 1. The van der Waals surface area contributed by atoms with Crippen molar-refractivity contribution in [1.82, 2.24) is 15.5 Å². The van der Waals surface area contributed by atoms with Crippen LogP contribution in [0.1, 0.15) is 110 Å². The van der Waals surface area contributed by atoms with Crippen LogP contribution in [0.25, 0.3) is 0 Å². The topological polar surface area (TPSA) is 87.7 Å². The van der Waals surface area contributed by atoms with E-state index >= 15 is 0 Å². The van der Waals surface area contributed by atoms with Crippen molar-refractivity contribution >= 4 is 17.9 Å². The maximum Gasteiger partial charge on any atom is 0.408 e. The van der Waals surface area contributed by atoms with Gasteiger partial charge in [-0.1, -0.05) is 65.2 Å². The van der Waals surface area contributed by atoms with Gasteiger partial charge in [0, 0.05) is 12.6 Å². The molecule has 0 heterocycles. The summed E-state index contributed by atoms with van der Waals surface area (Å²) in [5.74, 6) is -0.666. The van der Waals surface area contributed by atoms with Gasteiger partial charge in [0.05, 0.1) is 0 Å². The van der Waals surface area contributed by atoms with Crippen LogP contribution in [0.15, 0.2) is 18.2 Å². The highest BCUT2D eigenvalue weighted by atomic mass is 16.6. The SMILES string of the molecule is CCCCCN(C(=O)C(NC(=O)OC(C)(C)C)C(C)C)C(C(=O)NC(C)CCC)c1c(C)cccc1C. The van der Waals surface area contributed by atoms with Gasteiger partial charge >= 0.3 is 6.09 Å². The number of carbonyl (C=O) groups excluding carboxylic acids is 3. The molecule has 1 aromatic carbocycles. The van der Waals surface area contributed by atoms with Crippen LogP contribution in [0.5, 0.6) is 0 Å². The third-order valence-electron chi connectivity index (χ3n) is 6.38. The Balaban J connectivity index is 3.58. The van der Waals surface area contributed by atoms with E-state index in [9.17, 15) is 14.4 Å². The number of carbonyl (C=O) groups is 3. The fraction of sp³-hybridized carbons (Fsp3) is 0.700. The molecule has 0 aromatic heterocycles. The average Bonchev–Trinajstić information content (AvgIpc) is 2.76. The van der Waals surface area contributed by atoms with E-state index in [0.29, 0.717) is 6.54 Å². The summed E-state index contributed by atoms with van der Waals surface area (Å²) >= 11 is 0. The summed E-state index contributed by atoms with van der Waals surface area (Å²) in [5.41, 5.74) is 2.06. The van der Waals surface area contributed by atoms with Crippen molar-refractivity contribution in [3.05, 3.63) is 34.9 Å². The number of hydrogen-bond acceptors (Lipinski definition) is 4. The van der Waals surface area contributed by atoms with Crippen LogP contribution in [0.3, 0.4) is 0 Å². The second-order valence-electron chi connectivity index (χ2n) is 11.5. The van der Waals surface area contributed by atoms with Crippen LogP contribution < -0.4 is 10.6 Å². The van der Waals surface area contributed by atoms with Crippen LogP contribution in [-0.2, 0) is 14.3 Å². The molecule has 7 nitrogen and oxygen atoms in total. The van der Waals surface area contributed by atoms with E-state index < -0.39 is 23.8 Å². The Kier molecular flexibility index (Phi) is 13.2. The van der Waals surface area contributed by atoms with E-state index in [-0.39, 0.29) is 23.8 Å². The highest BCUT2D eigenvalue weighted by Crippen LogP contribution is 2.30. The van der Waals surface area contributed by atoms with Gasteiger partial charge in [0.1, 0.15) is 17.7 Å². The minimum atomic E-state index is -0.829. The fourth-order valence-corrected chi connectivity index (χ4v) is 4.54. The van der Waals surface area contributed by atoms with E-state index in [1.807, 2.05) is 52.8 Å². The second kappa shape index (κ2) is 15.0. The number of alkyl carbamates (subject to hydrolysis) is 1. The lowest BCUT2D eigenvalue weighted by molar-refractivity contribution is -0.143. The molecule has 0 bridgehead atoms.